The zero-order valence-corrected chi connectivity index (χ0v) is 16.9. The number of hydrogen-bond donors (Lipinski definition) is 1. The molecule has 150 valence electrons. The summed E-state index contributed by atoms with van der Waals surface area (Å²) in [5.41, 5.74) is 0.833. The van der Waals surface area contributed by atoms with E-state index in [9.17, 15) is 4.79 Å². The third-order valence-electron chi connectivity index (χ3n) is 5.85. The minimum atomic E-state index is -0.523. The summed E-state index contributed by atoms with van der Waals surface area (Å²) in [4.78, 5) is 15.1. The van der Waals surface area contributed by atoms with E-state index in [2.05, 4.69) is 27.5 Å². The average Bonchev–Trinajstić information content (AvgIpc) is 3.34. The minimum Gasteiger partial charge on any atom is -0.423 e. The molecule has 2 aliphatic rings. The van der Waals surface area contributed by atoms with Crippen molar-refractivity contribution in [1.29, 1.82) is 0 Å². The highest BCUT2D eigenvalue weighted by atomic mass is 35.5. The van der Waals surface area contributed by atoms with E-state index in [1.54, 1.807) is 36.1 Å². The van der Waals surface area contributed by atoms with Crippen LogP contribution in [0.5, 0.6) is 0 Å². The van der Waals surface area contributed by atoms with Gasteiger partial charge in [0.25, 0.3) is 0 Å². The van der Waals surface area contributed by atoms with Crippen LogP contribution in [0, 0.1) is 12.8 Å². The van der Waals surface area contributed by atoms with Gasteiger partial charge in [-0.2, -0.15) is 5.10 Å². The number of aryl methyl sites for hydroxylation is 1. The first kappa shape index (κ1) is 18.2. The Bertz CT molecular complexity index is 1060. The number of piperidine rings is 1. The summed E-state index contributed by atoms with van der Waals surface area (Å²) in [6, 6.07) is 7.18. The highest BCUT2D eigenvalue weighted by Crippen LogP contribution is 2.55. The zero-order valence-electron chi connectivity index (χ0n) is 16.2. The number of carbonyl (C=O) groups is 1. The molecule has 2 unspecified atom stereocenters. The summed E-state index contributed by atoms with van der Waals surface area (Å²) in [5.74, 6) is 1.53. The molecule has 3 heterocycles. The van der Waals surface area contributed by atoms with Crippen molar-refractivity contribution in [2.24, 2.45) is 5.92 Å². The quantitative estimate of drug-likeness (QED) is 0.698. The second-order valence-electron chi connectivity index (χ2n) is 7.98. The predicted molar refractivity (Wildman–Crippen MR) is 107 cm³/mol. The molecular weight excluding hydrogens is 392 g/mol. The van der Waals surface area contributed by atoms with Crippen molar-refractivity contribution in [3.63, 3.8) is 0 Å². The van der Waals surface area contributed by atoms with E-state index in [0.717, 1.165) is 19.3 Å². The molecule has 0 radical (unpaired) electrons. The van der Waals surface area contributed by atoms with Crippen molar-refractivity contribution >= 4 is 23.3 Å². The summed E-state index contributed by atoms with van der Waals surface area (Å²) < 4.78 is 7.42. The highest BCUT2D eigenvalue weighted by Gasteiger charge is 2.62. The van der Waals surface area contributed by atoms with Gasteiger partial charge in [-0.05, 0) is 43.0 Å². The van der Waals surface area contributed by atoms with Crippen molar-refractivity contribution in [3.8, 4) is 5.69 Å². The Balaban J connectivity index is 1.43. The van der Waals surface area contributed by atoms with Crippen LogP contribution >= 0.6 is 11.6 Å². The van der Waals surface area contributed by atoms with Crippen molar-refractivity contribution < 1.29 is 9.21 Å². The molecule has 1 N–H and O–H groups in total. The number of halogens is 1. The van der Waals surface area contributed by atoms with Crippen molar-refractivity contribution in [2.45, 2.75) is 44.7 Å². The molecule has 0 spiro atoms. The summed E-state index contributed by atoms with van der Waals surface area (Å²) in [5, 5.41) is 16.0. The van der Waals surface area contributed by atoms with E-state index >= 15 is 0 Å². The third kappa shape index (κ3) is 2.90. The van der Waals surface area contributed by atoms with Gasteiger partial charge in [-0.25, -0.2) is 9.48 Å². The van der Waals surface area contributed by atoms with Gasteiger partial charge in [0.15, 0.2) is 0 Å². The second-order valence-corrected chi connectivity index (χ2v) is 8.38. The molecule has 3 atom stereocenters. The Labute approximate surface area is 172 Å². The van der Waals surface area contributed by atoms with Crippen LogP contribution in [0.2, 0.25) is 5.02 Å². The van der Waals surface area contributed by atoms with E-state index in [1.807, 2.05) is 17.0 Å². The number of nitrogens with one attached hydrogen (secondary N) is 1. The first-order valence-electron chi connectivity index (χ1n) is 9.67. The predicted octanol–water partition coefficient (Wildman–Crippen LogP) is 4.15. The van der Waals surface area contributed by atoms with E-state index < -0.39 is 5.54 Å². The summed E-state index contributed by atoms with van der Waals surface area (Å²) in [7, 11) is 0. The summed E-state index contributed by atoms with van der Waals surface area (Å²) in [6.45, 7) is 3.97. The number of likely N-dealkylation sites (tertiary alicyclic amines) is 1. The number of aromatic nitrogens is 4. The average molecular weight is 413 g/mol. The van der Waals surface area contributed by atoms with Crippen molar-refractivity contribution in [1.82, 2.24) is 24.9 Å². The zero-order chi connectivity index (χ0) is 20.2. The van der Waals surface area contributed by atoms with Gasteiger partial charge in [0.2, 0.25) is 11.8 Å². The molecule has 29 heavy (non-hydrogen) atoms. The second kappa shape index (κ2) is 6.59. The van der Waals surface area contributed by atoms with Gasteiger partial charge in [0, 0.05) is 37.5 Å². The number of amides is 2. The fraction of sp³-hybridized carbons (Fsp3) is 0.400. The Morgan fingerprint density at radius 1 is 1.34 bits per heavy atom. The lowest BCUT2D eigenvalue weighted by molar-refractivity contribution is -0.110. The molecule has 1 aliphatic carbocycles. The lowest BCUT2D eigenvalue weighted by Gasteiger charge is -2.61. The van der Waals surface area contributed by atoms with Crippen LogP contribution in [0.4, 0.5) is 10.5 Å². The van der Waals surface area contributed by atoms with Gasteiger partial charge in [-0.3, -0.25) is 0 Å². The first-order valence-corrected chi connectivity index (χ1v) is 10.0. The van der Waals surface area contributed by atoms with Gasteiger partial charge in [0.1, 0.15) is 5.54 Å². The highest BCUT2D eigenvalue weighted by molar-refractivity contribution is 6.32. The molecule has 2 amide bonds. The van der Waals surface area contributed by atoms with Gasteiger partial charge in [0.05, 0.1) is 10.7 Å². The monoisotopic (exact) mass is 412 g/mol. The van der Waals surface area contributed by atoms with E-state index in [1.165, 1.54) is 0 Å². The Kier molecular flexibility index (Phi) is 4.13. The maximum atomic E-state index is 13.3. The van der Waals surface area contributed by atoms with Crippen LogP contribution in [0.15, 0.2) is 41.1 Å². The standard InChI is InChI=1S/C20H21ClN6O2/c1-12-8-15-11-20(10-12,18-25-24-13(2)29-18)27(15)19(28)23-14-4-5-16(21)17(9-14)26-7-3-6-22-26/h3-7,9,12,15H,8,10-11H2,1-2H3,(H,23,28)/t12-,15?,20?/m0/s1. The number of carbonyl (C=O) groups excluding carboxylic acids is 1. The van der Waals surface area contributed by atoms with Crippen LogP contribution < -0.4 is 5.32 Å². The van der Waals surface area contributed by atoms with Gasteiger partial charge < -0.3 is 14.6 Å². The van der Waals surface area contributed by atoms with E-state index in [0.29, 0.717) is 34.1 Å². The van der Waals surface area contributed by atoms with E-state index in [-0.39, 0.29) is 12.1 Å². The molecule has 3 aromatic rings. The van der Waals surface area contributed by atoms with Crippen LogP contribution in [-0.2, 0) is 5.54 Å². The lowest BCUT2D eigenvalue weighted by atomic mass is 9.64. The number of hydrogen-bond acceptors (Lipinski definition) is 5. The molecule has 2 aromatic heterocycles. The molecule has 1 saturated heterocycles. The first-order chi connectivity index (χ1) is 14.0. The number of nitrogens with zero attached hydrogens (tertiary/aromatic N) is 5. The summed E-state index contributed by atoms with van der Waals surface area (Å²) in [6.07, 6.45) is 6.13. The normalized spacial score (nSPS) is 25.6. The minimum absolute atomic E-state index is 0.169. The Morgan fingerprint density at radius 3 is 2.93 bits per heavy atom. The molecule has 2 bridgehead atoms. The molecule has 1 aromatic carbocycles. The van der Waals surface area contributed by atoms with Crippen molar-refractivity contribution in [3.05, 3.63) is 53.5 Å². The van der Waals surface area contributed by atoms with Gasteiger partial charge in [-0.15, -0.1) is 10.2 Å². The van der Waals surface area contributed by atoms with Crippen molar-refractivity contribution in [2.75, 3.05) is 5.32 Å². The number of rotatable bonds is 3. The molecule has 1 saturated carbocycles. The maximum Gasteiger partial charge on any atom is 0.323 e. The molecule has 8 nitrogen and oxygen atoms in total. The van der Waals surface area contributed by atoms with Crippen LogP contribution in [0.3, 0.4) is 0 Å². The van der Waals surface area contributed by atoms with Gasteiger partial charge >= 0.3 is 6.03 Å². The van der Waals surface area contributed by atoms with Gasteiger partial charge in [-0.1, -0.05) is 18.5 Å². The Morgan fingerprint density at radius 2 is 2.21 bits per heavy atom. The third-order valence-corrected chi connectivity index (χ3v) is 6.17. The maximum absolute atomic E-state index is 13.3. The Hall–Kier alpha value is -2.87. The molecule has 1 aliphatic heterocycles. The molecule has 9 heteroatoms. The fourth-order valence-corrected chi connectivity index (χ4v) is 5.00. The number of anilines is 1. The molecule has 5 rings (SSSR count). The van der Waals surface area contributed by atoms with Crippen LogP contribution in [-0.4, -0.2) is 37.0 Å². The molecule has 2 fully saturated rings. The SMILES string of the molecule is Cc1nnc(C23CC(C[C@H](C)C2)N3C(=O)Nc2ccc(Cl)c(-n3cccn3)c2)o1. The van der Waals surface area contributed by atoms with E-state index in [4.69, 9.17) is 16.0 Å². The topological polar surface area (TPSA) is 89.1 Å². The lowest BCUT2D eigenvalue weighted by Crippen LogP contribution is -2.70. The van der Waals surface area contributed by atoms with Crippen LogP contribution in [0.1, 0.15) is 38.0 Å². The largest absolute Gasteiger partial charge is 0.423 e. The molecular formula is C20H21ClN6O2. The fourth-order valence-electron chi connectivity index (χ4n) is 4.79. The number of fused-ring (bicyclic) bond motifs is 2. The number of urea groups is 1. The number of benzene rings is 1. The summed E-state index contributed by atoms with van der Waals surface area (Å²) >= 11 is 6.31. The van der Waals surface area contributed by atoms with Crippen LogP contribution in [0.25, 0.3) is 5.69 Å². The smallest absolute Gasteiger partial charge is 0.323 e.